The van der Waals surface area contributed by atoms with Crippen molar-refractivity contribution in [2.75, 3.05) is 7.11 Å². The number of rotatable bonds is 6. The third-order valence-corrected chi connectivity index (χ3v) is 3.68. The number of alkyl halides is 3. The van der Waals surface area contributed by atoms with Crippen LogP contribution in [0.3, 0.4) is 0 Å². The second-order valence-corrected chi connectivity index (χ2v) is 5.56. The summed E-state index contributed by atoms with van der Waals surface area (Å²) in [6.07, 6.45) is -3.62. The number of carbonyl (C=O) groups excluding carboxylic acids is 2. The molecule has 0 aliphatic heterocycles. The van der Waals surface area contributed by atoms with E-state index >= 15 is 0 Å². The van der Waals surface area contributed by atoms with Gasteiger partial charge in [-0.3, -0.25) is 14.4 Å². The van der Waals surface area contributed by atoms with Crippen molar-refractivity contribution in [1.82, 2.24) is 15.2 Å². The maximum absolute atomic E-state index is 14.4. The molecule has 152 valence electrons. The Kier molecular flexibility index (Phi) is 5.46. The van der Waals surface area contributed by atoms with Crippen LogP contribution in [0.1, 0.15) is 22.0 Å². The van der Waals surface area contributed by atoms with Crippen LogP contribution >= 0.6 is 0 Å². The van der Waals surface area contributed by atoms with E-state index in [1.165, 1.54) is 30.5 Å². The number of hydrogen-bond donors (Lipinski definition) is 0. The van der Waals surface area contributed by atoms with E-state index in [1.54, 1.807) is 0 Å². The molecule has 12 heteroatoms. The molecule has 0 atom stereocenters. The van der Waals surface area contributed by atoms with Crippen molar-refractivity contribution in [2.45, 2.75) is 12.7 Å². The molecule has 1 amide bonds. The summed E-state index contributed by atoms with van der Waals surface area (Å²) in [5.41, 5.74) is -0.150. The third kappa shape index (κ3) is 4.32. The Bertz CT molecular complexity index is 1030. The Morgan fingerprint density at radius 2 is 2.00 bits per heavy atom. The molecule has 0 spiro atoms. The number of amides is 1. The summed E-state index contributed by atoms with van der Waals surface area (Å²) in [5.74, 6) is -5.23. The van der Waals surface area contributed by atoms with Crippen molar-refractivity contribution in [3.63, 3.8) is 0 Å². The molecule has 0 aliphatic rings. The fourth-order valence-corrected chi connectivity index (χ4v) is 2.27. The fourth-order valence-electron chi connectivity index (χ4n) is 2.27. The predicted octanol–water partition coefficient (Wildman–Crippen LogP) is 3.26. The van der Waals surface area contributed by atoms with E-state index in [4.69, 9.17) is 9.25 Å². The number of hydroxylamine groups is 2. The Morgan fingerprint density at radius 3 is 2.55 bits per heavy atom. The zero-order valence-corrected chi connectivity index (χ0v) is 14.6. The van der Waals surface area contributed by atoms with Crippen LogP contribution in [0.4, 0.5) is 17.6 Å². The molecule has 3 aromatic rings. The lowest BCUT2D eigenvalue weighted by molar-refractivity contribution is -0.173. The van der Waals surface area contributed by atoms with Gasteiger partial charge < -0.3 is 8.94 Å². The molecule has 2 aromatic heterocycles. The average molecular weight is 413 g/mol. The van der Waals surface area contributed by atoms with E-state index in [9.17, 15) is 27.2 Å². The molecule has 3 rings (SSSR count). The minimum Gasteiger partial charge on any atom is -0.461 e. The fraction of sp³-hybridized carbons (Fsp3) is 0.176. The number of nitrogens with zero attached hydrogens (tertiary/aromatic N) is 3. The molecule has 8 nitrogen and oxygen atoms in total. The Morgan fingerprint density at radius 1 is 1.24 bits per heavy atom. The SMILES string of the molecule is CON(Cc1ccc(-c2noc(C(F)(F)F)n2)cc1F)C(=O)C(=O)c1ccco1. The van der Waals surface area contributed by atoms with Gasteiger partial charge in [0.25, 0.3) is 5.78 Å². The Hall–Kier alpha value is -3.54. The molecule has 0 fully saturated rings. The molecule has 0 bridgehead atoms. The highest BCUT2D eigenvalue weighted by Crippen LogP contribution is 2.29. The lowest BCUT2D eigenvalue weighted by Crippen LogP contribution is -2.35. The minimum absolute atomic E-state index is 0.0734. The largest absolute Gasteiger partial charge is 0.471 e. The van der Waals surface area contributed by atoms with Crippen LogP contribution < -0.4 is 0 Å². The van der Waals surface area contributed by atoms with E-state index in [-0.39, 0.29) is 16.9 Å². The number of ketones is 1. The molecule has 0 saturated carbocycles. The highest BCUT2D eigenvalue weighted by molar-refractivity contribution is 6.41. The van der Waals surface area contributed by atoms with Gasteiger partial charge >= 0.3 is 18.0 Å². The lowest BCUT2D eigenvalue weighted by Gasteiger charge is -2.18. The van der Waals surface area contributed by atoms with Gasteiger partial charge in [0, 0.05) is 11.1 Å². The summed E-state index contributed by atoms with van der Waals surface area (Å²) in [6, 6.07) is 5.98. The number of halogens is 4. The van der Waals surface area contributed by atoms with Gasteiger partial charge in [0.1, 0.15) is 5.82 Å². The first-order chi connectivity index (χ1) is 13.7. The van der Waals surface area contributed by atoms with Gasteiger partial charge in [0.2, 0.25) is 5.82 Å². The van der Waals surface area contributed by atoms with Crippen LogP contribution in [0.15, 0.2) is 45.5 Å². The van der Waals surface area contributed by atoms with Crippen LogP contribution in [0, 0.1) is 5.82 Å². The maximum Gasteiger partial charge on any atom is 0.471 e. The van der Waals surface area contributed by atoms with Crippen LogP contribution in [-0.2, 0) is 22.4 Å². The number of hydrogen-bond acceptors (Lipinski definition) is 7. The monoisotopic (exact) mass is 413 g/mol. The Labute approximate surface area is 159 Å². The molecular weight excluding hydrogens is 402 g/mol. The third-order valence-electron chi connectivity index (χ3n) is 3.68. The topological polar surface area (TPSA) is 98.7 Å². The summed E-state index contributed by atoms with van der Waals surface area (Å²) < 4.78 is 60.9. The van der Waals surface area contributed by atoms with Gasteiger partial charge in [0.15, 0.2) is 5.76 Å². The van der Waals surface area contributed by atoms with Gasteiger partial charge in [-0.05, 0) is 18.2 Å². The van der Waals surface area contributed by atoms with Gasteiger partial charge in [-0.1, -0.05) is 17.3 Å². The van der Waals surface area contributed by atoms with Crippen LogP contribution in [-0.4, -0.2) is 34.0 Å². The van der Waals surface area contributed by atoms with E-state index < -0.39 is 41.9 Å². The molecule has 29 heavy (non-hydrogen) atoms. The second kappa shape index (κ2) is 7.83. The van der Waals surface area contributed by atoms with E-state index in [0.717, 1.165) is 13.2 Å². The quantitative estimate of drug-likeness (QED) is 0.265. The molecule has 2 heterocycles. The molecule has 0 unspecified atom stereocenters. The van der Waals surface area contributed by atoms with Crippen molar-refractivity contribution >= 4 is 11.7 Å². The summed E-state index contributed by atoms with van der Waals surface area (Å²) in [4.78, 5) is 32.2. The van der Waals surface area contributed by atoms with Gasteiger partial charge in [-0.15, -0.1) is 0 Å². The van der Waals surface area contributed by atoms with Crippen molar-refractivity contribution in [2.24, 2.45) is 0 Å². The molecule has 0 N–H and O–H groups in total. The first kappa shape index (κ1) is 20.2. The normalized spacial score (nSPS) is 11.5. The lowest BCUT2D eigenvalue weighted by atomic mass is 10.1. The highest BCUT2D eigenvalue weighted by atomic mass is 19.4. The maximum atomic E-state index is 14.4. The second-order valence-electron chi connectivity index (χ2n) is 5.56. The zero-order chi connectivity index (χ0) is 21.2. The standard InChI is InChI=1S/C17H11F4N3O5/c1-27-24(15(26)13(25)12-3-2-6-28-12)8-10-5-4-9(7-11(10)18)14-22-16(29-23-14)17(19,20)21/h2-7H,8H2,1H3. The first-order valence-electron chi connectivity index (χ1n) is 7.84. The smallest absolute Gasteiger partial charge is 0.461 e. The average Bonchev–Trinajstić information content (AvgIpc) is 3.37. The molecule has 0 radical (unpaired) electrons. The van der Waals surface area contributed by atoms with E-state index in [2.05, 4.69) is 14.7 Å². The number of furan rings is 1. The van der Waals surface area contributed by atoms with Gasteiger partial charge in [0.05, 0.1) is 19.9 Å². The van der Waals surface area contributed by atoms with Gasteiger partial charge in [-0.25, -0.2) is 9.45 Å². The molecular formula is C17H11F4N3O5. The predicted molar refractivity (Wildman–Crippen MR) is 85.3 cm³/mol. The summed E-state index contributed by atoms with van der Waals surface area (Å²) in [7, 11) is 1.11. The number of aromatic nitrogens is 2. The highest BCUT2D eigenvalue weighted by Gasteiger charge is 2.38. The van der Waals surface area contributed by atoms with Crippen LogP contribution in [0.25, 0.3) is 11.4 Å². The van der Waals surface area contributed by atoms with Crippen molar-refractivity contribution in [3.8, 4) is 11.4 Å². The molecule has 0 saturated heterocycles. The van der Waals surface area contributed by atoms with Gasteiger partial charge in [-0.2, -0.15) is 18.2 Å². The number of carbonyl (C=O) groups is 2. The molecule has 1 aromatic carbocycles. The van der Waals surface area contributed by atoms with E-state index in [1.807, 2.05) is 0 Å². The van der Waals surface area contributed by atoms with E-state index in [0.29, 0.717) is 5.06 Å². The van der Waals surface area contributed by atoms with Crippen molar-refractivity contribution < 1.29 is 40.9 Å². The number of Topliss-reactive ketones (excluding diaryl/α,β-unsaturated/α-hetero) is 1. The van der Waals surface area contributed by atoms with Crippen molar-refractivity contribution in [1.29, 1.82) is 0 Å². The zero-order valence-electron chi connectivity index (χ0n) is 14.6. The van der Waals surface area contributed by atoms with Crippen LogP contribution in [0.5, 0.6) is 0 Å². The summed E-state index contributed by atoms with van der Waals surface area (Å²) in [6.45, 7) is -0.450. The summed E-state index contributed by atoms with van der Waals surface area (Å²) >= 11 is 0. The van der Waals surface area contributed by atoms with Crippen LogP contribution in [0.2, 0.25) is 0 Å². The first-order valence-corrected chi connectivity index (χ1v) is 7.84. The minimum atomic E-state index is -4.83. The van der Waals surface area contributed by atoms with Crippen molar-refractivity contribution in [3.05, 3.63) is 59.6 Å². The summed E-state index contributed by atoms with van der Waals surface area (Å²) in [5, 5.41) is 3.77. The Balaban J connectivity index is 1.78. The number of benzene rings is 1. The molecule has 0 aliphatic carbocycles.